The zero-order chi connectivity index (χ0) is 16.7. The second kappa shape index (κ2) is 8.43. The van der Waals surface area contributed by atoms with Crippen LogP contribution in [0.1, 0.15) is 31.1 Å². The van der Waals surface area contributed by atoms with Crippen molar-refractivity contribution < 1.29 is 14.1 Å². The molecule has 0 spiro atoms. The molecule has 124 valence electrons. The Bertz CT molecular complexity index is 613. The number of ether oxygens (including phenoxy) is 1. The number of hydrogen-bond donors (Lipinski definition) is 0. The molecule has 0 radical (unpaired) electrons. The molecule has 2 rings (SSSR count). The Morgan fingerprint density at radius 2 is 2.09 bits per heavy atom. The van der Waals surface area contributed by atoms with Crippen LogP contribution in [0.3, 0.4) is 0 Å². The van der Waals surface area contributed by atoms with Gasteiger partial charge in [-0.1, -0.05) is 49.3 Å². The van der Waals surface area contributed by atoms with Gasteiger partial charge in [0.05, 0.1) is 19.6 Å². The molecule has 1 aromatic carbocycles. The summed E-state index contributed by atoms with van der Waals surface area (Å²) in [4.78, 5) is 18.0. The first-order chi connectivity index (χ1) is 11.1. The Balaban J connectivity index is 1.93. The minimum absolute atomic E-state index is 0.188. The van der Waals surface area contributed by atoms with E-state index >= 15 is 0 Å². The number of benzene rings is 1. The lowest BCUT2D eigenvalue weighted by molar-refractivity contribution is -0.145. The molecule has 0 fully saturated rings. The molecule has 1 atom stereocenters. The zero-order valence-electron chi connectivity index (χ0n) is 13.9. The van der Waals surface area contributed by atoms with Crippen LogP contribution in [0.2, 0.25) is 0 Å². The van der Waals surface area contributed by atoms with Gasteiger partial charge < -0.3 is 9.26 Å². The summed E-state index contributed by atoms with van der Waals surface area (Å²) in [5.41, 5.74) is 1.14. The third-order valence-electron chi connectivity index (χ3n) is 3.66. The highest BCUT2D eigenvalue weighted by molar-refractivity contribution is 5.72. The molecule has 23 heavy (non-hydrogen) atoms. The molecule has 0 unspecified atom stereocenters. The van der Waals surface area contributed by atoms with Crippen molar-refractivity contribution in [3.05, 3.63) is 47.6 Å². The number of methoxy groups -OCH3 is 1. The second-order valence-corrected chi connectivity index (χ2v) is 5.52. The molecule has 0 aliphatic rings. The molecule has 0 amide bonds. The van der Waals surface area contributed by atoms with E-state index in [1.54, 1.807) is 0 Å². The lowest BCUT2D eigenvalue weighted by Crippen LogP contribution is -2.32. The predicted molar refractivity (Wildman–Crippen MR) is 85.7 cm³/mol. The molecule has 2 aromatic rings. The first-order valence-electron chi connectivity index (χ1n) is 7.78. The maximum absolute atomic E-state index is 11.5. The van der Waals surface area contributed by atoms with Gasteiger partial charge in [0, 0.05) is 13.0 Å². The Hall–Kier alpha value is -2.21. The van der Waals surface area contributed by atoms with Crippen molar-refractivity contribution in [3.63, 3.8) is 0 Å². The molecule has 6 heteroatoms. The van der Waals surface area contributed by atoms with Gasteiger partial charge >= 0.3 is 5.97 Å². The van der Waals surface area contributed by atoms with Crippen molar-refractivity contribution in [3.8, 4) is 0 Å². The van der Waals surface area contributed by atoms with E-state index in [0.717, 1.165) is 12.1 Å². The maximum Gasteiger partial charge on any atom is 0.309 e. The summed E-state index contributed by atoms with van der Waals surface area (Å²) in [5.74, 6) is 0.837. The van der Waals surface area contributed by atoms with E-state index in [9.17, 15) is 4.79 Å². The van der Waals surface area contributed by atoms with Gasteiger partial charge in [-0.2, -0.15) is 4.98 Å². The monoisotopic (exact) mass is 317 g/mol. The van der Waals surface area contributed by atoms with Crippen molar-refractivity contribution in [2.24, 2.45) is 5.92 Å². The van der Waals surface area contributed by atoms with E-state index in [1.165, 1.54) is 7.11 Å². The molecule has 0 aliphatic heterocycles. The van der Waals surface area contributed by atoms with Crippen LogP contribution < -0.4 is 0 Å². The normalized spacial score (nSPS) is 12.3. The number of carbonyl (C=O) groups is 1. The van der Waals surface area contributed by atoms with E-state index < -0.39 is 0 Å². The lowest BCUT2D eigenvalue weighted by atomic mass is 10.1. The summed E-state index contributed by atoms with van der Waals surface area (Å²) in [6, 6.07) is 10.0. The first-order valence-corrected chi connectivity index (χ1v) is 7.78. The van der Waals surface area contributed by atoms with E-state index in [4.69, 9.17) is 9.26 Å². The largest absolute Gasteiger partial charge is 0.469 e. The fourth-order valence-corrected chi connectivity index (χ4v) is 2.36. The zero-order valence-corrected chi connectivity index (χ0v) is 13.9. The molecule has 1 aromatic heterocycles. The van der Waals surface area contributed by atoms with Crippen molar-refractivity contribution in [2.45, 2.75) is 26.8 Å². The predicted octanol–water partition coefficient (Wildman–Crippen LogP) is 2.29. The van der Waals surface area contributed by atoms with Gasteiger partial charge in [0.15, 0.2) is 5.82 Å². The Labute approximate surface area is 136 Å². The average Bonchev–Trinajstić information content (AvgIpc) is 3.01. The minimum atomic E-state index is -0.209. The Morgan fingerprint density at radius 1 is 1.35 bits per heavy atom. The highest BCUT2D eigenvalue weighted by Gasteiger charge is 2.18. The average molecular weight is 317 g/mol. The summed E-state index contributed by atoms with van der Waals surface area (Å²) < 4.78 is 10.1. The van der Waals surface area contributed by atoms with Crippen LogP contribution in [0, 0.1) is 5.92 Å². The lowest BCUT2D eigenvalue weighted by Gasteiger charge is -2.21. The highest BCUT2D eigenvalue weighted by atomic mass is 16.5. The third kappa shape index (κ3) is 5.17. The summed E-state index contributed by atoms with van der Waals surface area (Å²) in [6.07, 6.45) is 0.648. The van der Waals surface area contributed by atoms with Gasteiger partial charge in [0.2, 0.25) is 5.89 Å². The standard InChI is InChI=1S/C17H23N3O3/c1-4-20(11-13(2)17(21)22-3)12-16-18-15(19-23-16)10-14-8-6-5-7-9-14/h5-9,13H,4,10-12H2,1-3H3/t13-/m1/s1. The van der Waals surface area contributed by atoms with Crippen LogP contribution in [0.4, 0.5) is 0 Å². The summed E-state index contributed by atoms with van der Waals surface area (Å²) in [5, 5.41) is 4.02. The number of esters is 1. The van der Waals surface area contributed by atoms with E-state index in [1.807, 2.05) is 44.2 Å². The first kappa shape index (κ1) is 17.1. The molecule has 0 saturated carbocycles. The van der Waals surface area contributed by atoms with E-state index in [-0.39, 0.29) is 11.9 Å². The summed E-state index contributed by atoms with van der Waals surface area (Å²) >= 11 is 0. The van der Waals surface area contributed by atoms with Gasteiger partial charge in [-0.15, -0.1) is 0 Å². The van der Waals surface area contributed by atoms with Crippen molar-refractivity contribution in [1.29, 1.82) is 0 Å². The fourth-order valence-electron chi connectivity index (χ4n) is 2.36. The number of nitrogens with zero attached hydrogens (tertiary/aromatic N) is 3. The van der Waals surface area contributed by atoms with Crippen molar-refractivity contribution in [2.75, 3.05) is 20.2 Å². The SMILES string of the molecule is CCN(Cc1nc(Cc2ccccc2)no1)C[C@@H](C)C(=O)OC. The van der Waals surface area contributed by atoms with Gasteiger partial charge in [-0.3, -0.25) is 9.69 Å². The summed E-state index contributed by atoms with van der Waals surface area (Å²) in [6.45, 7) is 5.80. The maximum atomic E-state index is 11.5. The fraction of sp³-hybridized carbons (Fsp3) is 0.471. The Morgan fingerprint density at radius 3 is 2.74 bits per heavy atom. The van der Waals surface area contributed by atoms with Crippen molar-refractivity contribution in [1.82, 2.24) is 15.0 Å². The molecule has 0 saturated heterocycles. The molecule has 0 bridgehead atoms. The van der Waals surface area contributed by atoms with Crippen LogP contribution in [-0.2, 0) is 22.5 Å². The Kier molecular flexibility index (Phi) is 6.29. The van der Waals surface area contributed by atoms with E-state index in [2.05, 4.69) is 15.0 Å². The van der Waals surface area contributed by atoms with E-state index in [0.29, 0.717) is 31.2 Å². The van der Waals surface area contributed by atoms with Crippen LogP contribution in [0.15, 0.2) is 34.9 Å². The van der Waals surface area contributed by atoms with Gasteiger partial charge in [0.25, 0.3) is 0 Å². The molecule has 1 heterocycles. The third-order valence-corrected chi connectivity index (χ3v) is 3.66. The molecular formula is C17H23N3O3. The number of aromatic nitrogens is 2. The van der Waals surface area contributed by atoms with Crippen LogP contribution in [0.25, 0.3) is 0 Å². The van der Waals surface area contributed by atoms with Crippen LogP contribution in [-0.4, -0.2) is 41.2 Å². The topological polar surface area (TPSA) is 68.5 Å². The highest BCUT2D eigenvalue weighted by Crippen LogP contribution is 2.10. The minimum Gasteiger partial charge on any atom is -0.469 e. The van der Waals surface area contributed by atoms with Crippen LogP contribution >= 0.6 is 0 Å². The van der Waals surface area contributed by atoms with Crippen LogP contribution in [0.5, 0.6) is 0 Å². The van der Waals surface area contributed by atoms with Crippen molar-refractivity contribution >= 4 is 5.97 Å². The quantitative estimate of drug-likeness (QED) is 0.696. The molecule has 0 aliphatic carbocycles. The number of hydrogen-bond acceptors (Lipinski definition) is 6. The summed E-state index contributed by atoms with van der Waals surface area (Å²) in [7, 11) is 1.41. The molecule has 6 nitrogen and oxygen atoms in total. The smallest absolute Gasteiger partial charge is 0.309 e. The van der Waals surface area contributed by atoms with Gasteiger partial charge in [-0.05, 0) is 12.1 Å². The van der Waals surface area contributed by atoms with Gasteiger partial charge in [0.1, 0.15) is 0 Å². The van der Waals surface area contributed by atoms with Gasteiger partial charge in [-0.25, -0.2) is 0 Å². The number of rotatable bonds is 8. The number of carbonyl (C=O) groups excluding carboxylic acids is 1. The second-order valence-electron chi connectivity index (χ2n) is 5.52. The molecule has 0 N–H and O–H groups in total. The molecular weight excluding hydrogens is 294 g/mol.